The third-order valence-corrected chi connectivity index (χ3v) is 5.29. The molecular weight excluding hydrogens is 607 g/mol. The van der Waals surface area contributed by atoms with Crippen LogP contribution in [0.25, 0.3) is 0 Å². The molecule has 1 aromatic carbocycles. The maximum absolute atomic E-state index is 6.16. The molecule has 0 unspecified atom stereocenters. The van der Waals surface area contributed by atoms with Crippen molar-refractivity contribution in [3.05, 3.63) is 88.5 Å². The molecular formula is C24H31Br2N4Rh+. The number of aryl methyl sites for hydroxylation is 4. The molecule has 2 aromatic heterocycles. The molecule has 7 heteroatoms. The summed E-state index contributed by atoms with van der Waals surface area (Å²) in [4.78, 5) is 9.61. The van der Waals surface area contributed by atoms with Crippen LogP contribution < -0.4 is 44.2 Å². The van der Waals surface area contributed by atoms with Crippen molar-refractivity contribution in [2.45, 2.75) is 40.8 Å². The molecule has 2 heterocycles. The van der Waals surface area contributed by atoms with E-state index >= 15 is 0 Å². The van der Waals surface area contributed by atoms with Crippen molar-refractivity contribution >= 4 is 5.69 Å². The minimum atomic E-state index is 0. The van der Waals surface area contributed by atoms with Crippen LogP contribution in [0, 0.1) is 27.7 Å². The maximum atomic E-state index is 6.16. The van der Waals surface area contributed by atoms with Gasteiger partial charge in [0.25, 0.3) is 0 Å². The van der Waals surface area contributed by atoms with Gasteiger partial charge < -0.3 is 39.7 Å². The van der Waals surface area contributed by atoms with Gasteiger partial charge in [-0.3, -0.25) is 14.5 Å². The monoisotopic (exact) mass is 636 g/mol. The molecule has 0 aliphatic rings. The van der Waals surface area contributed by atoms with Crippen molar-refractivity contribution < 1.29 is 53.4 Å². The van der Waals surface area contributed by atoms with Crippen LogP contribution in [0.15, 0.2) is 54.6 Å². The molecule has 2 N–H and O–H groups in total. The van der Waals surface area contributed by atoms with E-state index in [1.165, 1.54) is 16.8 Å². The summed E-state index contributed by atoms with van der Waals surface area (Å²) in [7, 11) is 0. The van der Waals surface area contributed by atoms with Crippen molar-refractivity contribution in [2.75, 3.05) is 13.1 Å². The van der Waals surface area contributed by atoms with Crippen LogP contribution in [0.2, 0.25) is 0 Å². The summed E-state index contributed by atoms with van der Waals surface area (Å²) in [6.07, 6.45) is 0. The van der Waals surface area contributed by atoms with Crippen LogP contribution >= 0.6 is 0 Å². The first-order valence-electron chi connectivity index (χ1n) is 9.91. The van der Waals surface area contributed by atoms with Crippen LogP contribution in [-0.2, 0) is 32.6 Å². The smallest absolute Gasteiger partial charge is 1.00 e. The Balaban J connectivity index is 0.00000300. The zero-order valence-electron chi connectivity index (χ0n) is 18.5. The zero-order valence-corrected chi connectivity index (χ0v) is 23.3. The van der Waals surface area contributed by atoms with Gasteiger partial charge in [0, 0.05) is 29.1 Å². The van der Waals surface area contributed by atoms with Gasteiger partial charge in [-0.15, -0.1) is 0 Å². The normalized spacial score (nSPS) is 10.5. The van der Waals surface area contributed by atoms with Crippen LogP contribution in [0.1, 0.15) is 33.9 Å². The second-order valence-electron chi connectivity index (χ2n) is 7.75. The predicted octanol–water partition coefficient (Wildman–Crippen LogP) is -1.62. The quantitative estimate of drug-likeness (QED) is 0.251. The fourth-order valence-corrected chi connectivity index (χ4v) is 4.28. The number of para-hydroxylation sites is 1. The maximum Gasteiger partial charge on any atom is 2.00 e. The molecule has 0 spiro atoms. The minimum Gasteiger partial charge on any atom is -1.00 e. The second kappa shape index (κ2) is 13.5. The number of rotatable bonds is 7. The average Bonchev–Trinajstić information content (AvgIpc) is 2.62. The molecule has 0 aliphatic carbocycles. The van der Waals surface area contributed by atoms with E-state index in [0.29, 0.717) is 6.54 Å². The van der Waals surface area contributed by atoms with Crippen molar-refractivity contribution in [1.29, 1.82) is 0 Å². The number of quaternary nitrogens is 1. The molecule has 0 atom stereocenters. The van der Waals surface area contributed by atoms with Gasteiger partial charge in [0.1, 0.15) is 18.8 Å². The average molecular weight is 638 g/mol. The molecule has 0 fully saturated rings. The molecule has 0 amide bonds. The van der Waals surface area contributed by atoms with Gasteiger partial charge in [-0.05, 0) is 52.0 Å². The third-order valence-electron chi connectivity index (χ3n) is 5.29. The summed E-state index contributed by atoms with van der Waals surface area (Å²) in [6.45, 7) is 11.5. The second-order valence-corrected chi connectivity index (χ2v) is 7.75. The van der Waals surface area contributed by atoms with Gasteiger partial charge in [-0.25, -0.2) is 0 Å². The van der Waals surface area contributed by atoms with Crippen molar-refractivity contribution in [1.82, 2.24) is 14.5 Å². The van der Waals surface area contributed by atoms with Gasteiger partial charge >= 0.3 is 19.5 Å². The number of halogens is 2. The SMILES string of the molecule is Cc1cccc(C[N+](CCN)(Cc2cccc(C)n2)c2c(C)cccc2C)n1.[Br-].[Br-].[Rh+2]. The number of pyridine rings is 2. The third kappa shape index (κ3) is 7.54. The number of hydrogen-bond acceptors (Lipinski definition) is 3. The summed E-state index contributed by atoms with van der Waals surface area (Å²) < 4.78 is 0.724. The number of nitrogens with two attached hydrogens (primary N) is 1. The van der Waals surface area contributed by atoms with E-state index in [4.69, 9.17) is 15.7 Å². The van der Waals surface area contributed by atoms with Crippen LogP contribution in [-0.4, -0.2) is 23.1 Å². The number of benzene rings is 1. The fraction of sp³-hybridized carbons (Fsp3) is 0.333. The first kappa shape index (κ1) is 30.0. The van der Waals surface area contributed by atoms with E-state index in [2.05, 4.69) is 56.3 Å². The molecule has 4 nitrogen and oxygen atoms in total. The fourth-order valence-electron chi connectivity index (χ4n) is 4.28. The molecule has 169 valence electrons. The molecule has 0 saturated heterocycles. The first-order valence-corrected chi connectivity index (χ1v) is 9.91. The minimum absolute atomic E-state index is 0. The van der Waals surface area contributed by atoms with E-state index in [-0.39, 0.29) is 53.4 Å². The summed E-state index contributed by atoms with van der Waals surface area (Å²) in [6, 6.07) is 19.0. The van der Waals surface area contributed by atoms with Crippen molar-refractivity contribution in [3.63, 3.8) is 0 Å². The van der Waals surface area contributed by atoms with Gasteiger partial charge in [0.2, 0.25) is 0 Å². The Hall–Kier alpha value is -0.977. The summed E-state index contributed by atoms with van der Waals surface area (Å²) in [5.74, 6) is 0. The number of aromatic nitrogens is 2. The van der Waals surface area contributed by atoms with E-state index in [1.54, 1.807) is 0 Å². The van der Waals surface area contributed by atoms with Crippen LogP contribution in [0.4, 0.5) is 5.69 Å². The van der Waals surface area contributed by atoms with Crippen molar-refractivity contribution in [3.8, 4) is 0 Å². The molecule has 0 aliphatic heterocycles. The van der Waals surface area contributed by atoms with E-state index in [9.17, 15) is 0 Å². The molecule has 31 heavy (non-hydrogen) atoms. The Bertz CT molecular complexity index is 898. The number of nitrogens with zero attached hydrogens (tertiary/aromatic N) is 3. The van der Waals surface area contributed by atoms with Crippen molar-refractivity contribution in [2.24, 2.45) is 5.73 Å². The standard InChI is InChI=1S/C24H31N4.2BrH.Rh/c1-18-8-5-9-19(2)24(18)28(15-14-25,16-22-12-6-10-20(3)26-22)17-23-13-7-11-21(4)27-23;;;/h5-13H,14-17,25H2,1-4H3;2*1H;/q+1;;;+2/p-2. The summed E-state index contributed by atoms with van der Waals surface area (Å²) >= 11 is 0. The Morgan fingerprint density at radius 3 is 1.52 bits per heavy atom. The molecule has 3 aromatic rings. The van der Waals surface area contributed by atoms with E-state index in [0.717, 1.165) is 46.9 Å². The molecule has 1 radical (unpaired) electrons. The molecule has 0 saturated carbocycles. The van der Waals surface area contributed by atoms with E-state index < -0.39 is 0 Å². The molecule has 3 rings (SSSR count). The van der Waals surface area contributed by atoms with Crippen LogP contribution in [0.5, 0.6) is 0 Å². The van der Waals surface area contributed by atoms with E-state index in [1.807, 2.05) is 26.0 Å². The topological polar surface area (TPSA) is 51.8 Å². The zero-order chi connectivity index (χ0) is 20.1. The Labute approximate surface area is 220 Å². The molecule has 0 bridgehead atoms. The first-order chi connectivity index (χ1) is 13.4. The van der Waals surface area contributed by atoms with Gasteiger partial charge in [0.05, 0.1) is 17.9 Å². The predicted molar refractivity (Wildman–Crippen MR) is 117 cm³/mol. The summed E-state index contributed by atoms with van der Waals surface area (Å²) in [5, 5.41) is 0. The van der Waals surface area contributed by atoms with Gasteiger partial charge in [0.15, 0.2) is 0 Å². The summed E-state index contributed by atoms with van der Waals surface area (Å²) in [5.41, 5.74) is 14.3. The largest absolute Gasteiger partial charge is 2.00 e. The van der Waals surface area contributed by atoms with Gasteiger partial charge in [-0.1, -0.05) is 30.3 Å². The van der Waals surface area contributed by atoms with Gasteiger partial charge in [-0.2, -0.15) is 0 Å². The Morgan fingerprint density at radius 1 is 0.710 bits per heavy atom. The Kier molecular flexibility index (Phi) is 13.1. The Morgan fingerprint density at radius 2 is 1.13 bits per heavy atom. The number of hydrogen-bond donors (Lipinski definition) is 1. The van der Waals surface area contributed by atoms with Crippen LogP contribution in [0.3, 0.4) is 0 Å².